The van der Waals surface area contributed by atoms with Gasteiger partial charge < -0.3 is 15.2 Å². The summed E-state index contributed by atoms with van der Waals surface area (Å²) in [6, 6.07) is 5.49. The number of alkyl halides is 2. The van der Waals surface area contributed by atoms with Crippen LogP contribution in [0.2, 0.25) is 0 Å². The van der Waals surface area contributed by atoms with Crippen molar-refractivity contribution in [1.82, 2.24) is 14.9 Å². The van der Waals surface area contributed by atoms with E-state index in [1.54, 1.807) is 25.1 Å². The minimum absolute atomic E-state index is 0.0607. The van der Waals surface area contributed by atoms with Crippen LogP contribution in [0.1, 0.15) is 43.9 Å². The number of benzene rings is 1. The van der Waals surface area contributed by atoms with E-state index < -0.39 is 30.0 Å². The van der Waals surface area contributed by atoms with Crippen molar-refractivity contribution in [2.24, 2.45) is 0 Å². The molecule has 2 aromatic rings. The van der Waals surface area contributed by atoms with E-state index in [4.69, 9.17) is 4.74 Å². The largest absolute Gasteiger partial charge is 0.447 e. The molecule has 0 saturated carbocycles. The average Bonchev–Trinajstić information content (AvgIpc) is 3.18. The first-order valence-corrected chi connectivity index (χ1v) is 11.2. The summed E-state index contributed by atoms with van der Waals surface area (Å²) in [6.45, 7) is 4.21. The highest BCUT2D eigenvalue weighted by molar-refractivity contribution is 5.89. The molecule has 0 radical (unpaired) electrons. The lowest BCUT2D eigenvalue weighted by atomic mass is 10.0. The van der Waals surface area contributed by atoms with Gasteiger partial charge in [0.1, 0.15) is 24.3 Å². The Hall–Kier alpha value is -2.92. The van der Waals surface area contributed by atoms with Gasteiger partial charge in [-0.15, -0.1) is 0 Å². The maximum Gasteiger partial charge on any atom is 0.416 e. The zero-order valence-electron chi connectivity index (χ0n) is 19.0. The van der Waals surface area contributed by atoms with Crippen LogP contribution in [-0.2, 0) is 11.3 Å². The summed E-state index contributed by atoms with van der Waals surface area (Å²) in [4.78, 5) is 23.8. The first-order chi connectivity index (χ1) is 16.1. The van der Waals surface area contributed by atoms with Gasteiger partial charge in [-0.3, -0.25) is 9.80 Å². The molecule has 2 saturated heterocycles. The van der Waals surface area contributed by atoms with Gasteiger partial charge in [-0.1, -0.05) is 12.1 Å². The van der Waals surface area contributed by atoms with E-state index in [1.807, 2.05) is 11.8 Å². The van der Waals surface area contributed by atoms with Gasteiger partial charge in [0.25, 0.3) is 5.92 Å². The van der Waals surface area contributed by atoms with Gasteiger partial charge in [-0.2, -0.15) is 4.98 Å². The Kier molecular flexibility index (Phi) is 6.94. The number of anilines is 2. The number of nitrogens with one attached hydrogen (secondary N) is 1. The minimum Gasteiger partial charge on any atom is -0.447 e. The smallest absolute Gasteiger partial charge is 0.416 e. The molecule has 184 valence electrons. The van der Waals surface area contributed by atoms with Gasteiger partial charge >= 0.3 is 6.09 Å². The Balaban J connectivity index is 1.42. The molecule has 3 atom stereocenters. The Labute approximate surface area is 195 Å². The summed E-state index contributed by atoms with van der Waals surface area (Å²) in [5.74, 6) is -2.52. The maximum atomic E-state index is 14.8. The average molecular weight is 480 g/mol. The first kappa shape index (κ1) is 24.2. The lowest BCUT2D eigenvalue weighted by Gasteiger charge is -2.31. The predicted molar refractivity (Wildman–Crippen MR) is 119 cm³/mol. The first-order valence-electron chi connectivity index (χ1n) is 11.2. The Bertz CT molecular complexity index is 1030. The van der Waals surface area contributed by atoms with Crippen LogP contribution in [0.4, 0.5) is 29.7 Å². The van der Waals surface area contributed by atoms with Crippen LogP contribution in [0.3, 0.4) is 0 Å². The summed E-state index contributed by atoms with van der Waals surface area (Å²) in [5, 5.41) is 13.0. The predicted octanol–water partition coefficient (Wildman–Crippen LogP) is 3.73. The second-order valence-corrected chi connectivity index (χ2v) is 8.84. The van der Waals surface area contributed by atoms with Gasteiger partial charge in [0.2, 0.25) is 5.95 Å². The van der Waals surface area contributed by atoms with E-state index in [0.717, 1.165) is 0 Å². The van der Waals surface area contributed by atoms with Crippen molar-refractivity contribution < 1.29 is 27.8 Å². The number of amides is 1. The summed E-state index contributed by atoms with van der Waals surface area (Å²) in [6.07, 6.45) is -0.341. The number of piperidine rings is 1. The molecular weight excluding hydrogens is 451 g/mol. The van der Waals surface area contributed by atoms with Crippen LogP contribution in [0, 0.1) is 5.82 Å². The number of cyclic esters (lactones) is 1. The molecule has 0 spiro atoms. The normalized spacial score (nSPS) is 22.4. The lowest BCUT2D eigenvalue weighted by Crippen LogP contribution is -2.41. The highest BCUT2D eigenvalue weighted by atomic mass is 19.3. The molecule has 2 aliphatic heterocycles. The van der Waals surface area contributed by atoms with E-state index in [-0.39, 0.29) is 56.9 Å². The van der Waals surface area contributed by atoms with Gasteiger partial charge in [0.05, 0.1) is 12.1 Å². The molecule has 8 nitrogen and oxygen atoms in total. The molecule has 1 aromatic carbocycles. The lowest BCUT2D eigenvalue weighted by molar-refractivity contribution is -0.0567. The fourth-order valence-corrected chi connectivity index (χ4v) is 4.12. The fourth-order valence-electron chi connectivity index (χ4n) is 4.12. The SMILES string of the molecule is C[C@H](Nc1nccc(N2C(=O)OC[C@@H]2[C@H](C)O)n1)c1ccc(CN2CCC(F)(F)CC2)c(F)c1. The van der Waals surface area contributed by atoms with Crippen molar-refractivity contribution in [1.29, 1.82) is 0 Å². The van der Waals surface area contributed by atoms with Crippen molar-refractivity contribution in [2.45, 2.75) is 57.3 Å². The third-order valence-corrected chi connectivity index (χ3v) is 6.25. The van der Waals surface area contributed by atoms with E-state index in [2.05, 4.69) is 15.3 Å². The number of hydrogen-bond acceptors (Lipinski definition) is 7. The summed E-state index contributed by atoms with van der Waals surface area (Å²) >= 11 is 0. The van der Waals surface area contributed by atoms with Crippen molar-refractivity contribution >= 4 is 17.9 Å². The quantitative estimate of drug-likeness (QED) is 0.626. The highest BCUT2D eigenvalue weighted by Crippen LogP contribution is 2.29. The molecule has 11 heteroatoms. The Morgan fingerprint density at radius 2 is 2.00 bits per heavy atom. The number of aliphatic hydroxyl groups is 1. The number of ether oxygens (including phenoxy) is 1. The van der Waals surface area contributed by atoms with Crippen LogP contribution in [0.25, 0.3) is 0 Å². The van der Waals surface area contributed by atoms with Crippen molar-refractivity contribution in [2.75, 3.05) is 29.9 Å². The third kappa shape index (κ3) is 5.41. The summed E-state index contributed by atoms with van der Waals surface area (Å²) in [7, 11) is 0. The number of aromatic nitrogens is 2. The van der Waals surface area contributed by atoms with E-state index >= 15 is 0 Å². The van der Waals surface area contributed by atoms with Crippen molar-refractivity contribution in [3.63, 3.8) is 0 Å². The molecule has 2 aliphatic rings. The molecule has 0 bridgehead atoms. The number of aliphatic hydroxyl groups excluding tert-OH is 1. The van der Waals surface area contributed by atoms with Gasteiger partial charge in [-0.05, 0) is 31.5 Å². The number of hydrogen-bond donors (Lipinski definition) is 2. The van der Waals surface area contributed by atoms with Crippen LogP contribution in [0.15, 0.2) is 30.5 Å². The molecule has 4 rings (SSSR count). The molecule has 34 heavy (non-hydrogen) atoms. The van der Waals surface area contributed by atoms with Crippen LogP contribution >= 0.6 is 0 Å². The zero-order chi connectivity index (χ0) is 24.5. The molecule has 0 aliphatic carbocycles. The van der Waals surface area contributed by atoms with Gasteiger partial charge in [0.15, 0.2) is 0 Å². The molecule has 2 N–H and O–H groups in total. The van der Waals surface area contributed by atoms with E-state index in [0.29, 0.717) is 11.1 Å². The van der Waals surface area contributed by atoms with E-state index in [1.165, 1.54) is 17.2 Å². The molecule has 2 fully saturated rings. The van der Waals surface area contributed by atoms with Crippen molar-refractivity contribution in [3.05, 3.63) is 47.4 Å². The van der Waals surface area contributed by atoms with Crippen LogP contribution < -0.4 is 10.2 Å². The van der Waals surface area contributed by atoms with Gasteiger partial charge in [0, 0.05) is 44.2 Å². The highest BCUT2D eigenvalue weighted by Gasteiger charge is 2.38. The fraction of sp³-hybridized carbons (Fsp3) is 0.522. The third-order valence-electron chi connectivity index (χ3n) is 6.25. The standard InChI is InChI=1S/C23H28F3N5O3/c1-14(16-3-4-17(18(24)11-16)12-30-9-6-23(25,26)7-10-30)28-21-27-8-5-20(29-21)31-19(15(2)32)13-34-22(31)33/h3-5,8,11,14-15,19,32H,6-7,9-10,12-13H2,1-2H3,(H,27,28,29)/t14-,15-,19+/m0/s1. The molecular formula is C23H28F3N5O3. The molecule has 0 unspecified atom stereocenters. The second kappa shape index (κ2) is 9.75. The van der Waals surface area contributed by atoms with Crippen molar-refractivity contribution in [3.8, 4) is 0 Å². The number of carbonyl (C=O) groups is 1. The minimum atomic E-state index is -2.63. The molecule has 3 heterocycles. The molecule has 1 amide bonds. The van der Waals surface area contributed by atoms with Crippen LogP contribution in [0.5, 0.6) is 0 Å². The summed E-state index contributed by atoms with van der Waals surface area (Å²) in [5.41, 5.74) is 1.11. The number of likely N-dealkylation sites (tertiary alicyclic amines) is 1. The van der Waals surface area contributed by atoms with E-state index in [9.17, 15) is 23.1 Å². The monoisotopic (exact) mass is 479 g/mol. The summed E-state index contributed by atoms with van der Waals surface area (Å²) < 4.78 is 46.5. The molecule has 1 aromatic heterocycles. The number of carbonyl (C=O) groups excluding carboxylic acids is 1. The van der Waals surface area contributed by atoms with Crippen LogP contribution in [-0.4, -0.2) is 63.8 Å². The Morgan fingerprint density at radius 1 is 1.26 bits per heavy atom. The zero-order valence-corrected chi connectivity index (χ0v) is 19.0. The number of nitrogens with zero attached hydrogens (tertiary/aromatic N) is 4. The number of halogens is 3. The maximum absolute atomic E-state index is 14.8. The number of rotatable bonds is 7. The second-order valence-electron chi connectivity index (χ2n) is 8.84. The van der Waals surface area contributed by atoms with Gasteiger partial charge in [-0.25, -0.2) is 22.9 Å². The Morgan fingerprint density at radius 3 is 2.68 bits per heavy atom. The topological polar surface area (TPSA) is 90.8 Å².